The number of aliphatic hydroxyl groups excluding tert-OH is 1. The van der Waals surface area contributed by atoms with E-state index in [2.05, 4.69) is 11.2 Å². The van der Waals surface area contributed by atoms with Gasteiger partial charge in [-0.2, -0.15) is 0 Å². The summed E-state index contributed by atoms with van der Waals surface area (Å²) >= 11 is 0. The van der Waals surface area contributed by atoms with E-state index >= 15 is 0 Å². The van der Waals surface area contributed by atoms with Crippen LogP contribution in [0, 0.1) is 24.2 Å². The Morgan fingerprint density at radius 1 is 0.911 bits per heavy atom. The van der Waals surface area contributed by atoms with Gasteiger partial charge in [0.25, 0.3) is 0 Å². The van der Waals surface area contributed by atoms with Crippen LogP contribution < -0.4 is 10.1 Å². The zero-order valence-corrected chi connectivity index (χ0v) is 26.9. The van der Waals surface area contributed by atoms with Crippen molar-refractivity contribution in [1.82, 2.24) is 0 Å². The van der Waals surface area contributed by atoms with E-state index in [1.54, 1.807) is 18.2 Å². The molecular formula is C33H49NO11. The molecule has 1 aliphatic heterocycles. The molecule has 0 aliphatic carbocycles. The molecule has 2 rings (SSSR count). The van der Waals surface area contributed by atoms with Crippen LogP contribution in [-0.2, 0) is 49.4 Å². The number of esters is 1. The second-order valence-corrected chi connectivity index (χ2v) is 10.9. The van der Waals surface area contributed by atoms with Crippen molar-refractivity contribution in [3.63, 3.8) is 0 Å². The number of anilines is 1. The molecule has 1 amide bonds. The first-order valence-electron chi connectivity index (χ1n) is 15.4. The van der Waals surface area contributed by atoms with Crippen molar-refractivity contribution in [2.24, 2.45) is 11.8 Å². The molecule has 2 unspecified atom stereocenters. The van der Waals surface area contributed by atoms with Crippen LogP contribution >= 0.6 is 0 Å². The second kappa shape index (κ2) is 21.6. The van der Waals surface area contributed by atoms with Gasteiger partial charge in [-0.15, -0.1) is 6.42 Å². The predicted molar refractivity (Wildman–Crippen MR) is 165 cm³/mol. The number of Topliss-reactive ketones (excluding diaryl/α,β-unsaturated/α-hetero) is 1. The Bertz CT molecular complexity index is 1090. The number of hydrogen-bond donors (Lipinski definition) is 2. The van der Waals surface area contributed by atoms with Crippen LogP contribution in [0.1, 0.15) is 58.9 Å². The fraction of sp³-hybridized carbons (Fsp3) is 0.667. The van der Waals surface area contributed by atoms with Crippen LogP contribution in [0.5, 0.6) is 5.75 Å². The van der Waals surface area contributed by atoms with E-state index in [0.29, 0.717) is 76.1 Å². The van der Waals surface area contributed by atoms with Gasteiger partial charge >= 0.3 is 5.97 Å². The van der Waals surface area contributed by atoms with Crippen molar-refractivity contribution < 1.29 is 52.6 Å². The molecule has 252 valence electrons. The minimum atomic E-state index is -0.855. The number of carbonyl (C=O) groups is 3. The Morgan fingerprint density at radius 3 is 2.18 bits per heavy atom. The van der Waals surface area contributed by atoms with Gasteiger partial charge < -0.3 is 43.6 Å². The maximum atomic E-state index is 12.5. The normalized spacial score (nSPS) is 21.1. The summed E-state index contributed by atoms with van der Waals surface area (Å²) in [6.45, 7) is 10.3. The zero-order chi connectivity index (χ0) is 33.0. The van der Waals surface area contributed by atoms with E-state index in [1.807, 2.05) is 20.8 Å². The summed E-state index contributed by atoms with van der Waals surface area (Å²) in [5, 5.41) is 12.7. The number of hydrogen-bond acceptors (Lipinski definition) is 11. The highest BCUT2D eigenvalue weighted by molar-refractivity contribution is 5.93. The average molecular weight is 636 g/mol. The van der Waals surface area contributed by atoms with Gasteiger partial charge in [0.15, 0.2) is 6.10 Å². The highest BCUT2D eigenvalue weighted by Crippen LogP contribution is 2.35. The van der Waals surface area contributed by atoms with Crippen molar-refractivity contribution in [3.8, 4) is 18.1 Å². The van der Waals surface area contributed by atoms with E-state index in [-0.39, 0.29) is 55.7 Å². The molecule has 0 aromatic heterocycles. The highest BCUT2D eigenvalue weighted by atomic mass is 16.7. The number of nitrogens with one attached hydrogen (secondary N) is 1. The molecule has 1 aliphatic rings. The van der Waals surface area contributed by atoms with E-state index in [0.717, 1.165) is 0 Å². The molecule has 45 heavy (non-hydrogen) atoms. The Hall–Kier alpha value is -3.05. The van der Waals surface area contributed by atoms with Gasteiger partial charge in [0.05, 0.1) is 52.4 Å². The lowest BCUT2D eigenvalue weighted by Crippen LogP contribution is -2.52. The first-order valence-corrected chi connectivity index (χ1v) is 15.4. The molecule has 1 saturated heterocycles. The highest BCUT2D eigenvalue weighted by Gasteiger charge is 2.43. The van der Waals surface area contributed by atoms with Crippen LogP contribution in [-0.4, -0.2) is 94.1 Å². The smallest absolute Gasteiger partial charge is 0.303 e. The minimum absolute atomic E-state index is 0.0122. The van der Waals surface area contributed by atoms with Gasteiger partial charge in [0, 0.05) is 50.0 Å². The Morgan fingerprint density at radius 2 is 1.56 bits per heavy atom. The van der Waals surface area contributed by atoms with Crippen LogP contribution in [0.3, 0.4) is 0 Å². The second-order valence-electron chi connectivity index (χ2n) is 10.9. The molecule has 12 heteroatoms. The topological polar surface area (TPSA) is 148 Å². The summed E-state index contributed by atoms with van der Waals surface area (Å²) in [6, 6.07) is 4.85. The summed E-state index contributed by atoms with van der Waals surface area (Å²) in [5.41, 5.74) is 0.880. The van der Waals surface area contributed by atoms with Gasteiger partial charge in [-0.25, -0.2) is 0 Å². The summed E-state index contributed by atoms with van der Waals surface area (Å²) in [7, 11) is 0. The third kappa shape index (κ3) is 14.7. The number of terminal acetylenes is 1. The lowest BCUT2D eigenvalue weighted by Gasteiger charge is -2.42. The zero-order valence-electron chi connectivity index (χ0n) is 26.9. The predicted octanol–water partition coefficient (Wildman–Crippen LogP) is 3.27. The fourth-order valence-corrected chi connectivity index (χ4v) is 4.62. The number of ether oxygens (including phenoxy) is 7. The van der Waals surface area contributed by atoms with Gasteiger partial charge in [-0.05, 0) is 37.5 Å². The molecular weight excluding hydrogens is 586 g/mol. The molecule has 0 radical (unpaired) electrons. The molecule has 1 fully saturated rings. The monoisotopic (exact) mass is 635 g/mol. The summed E-state index contributed by atoms with van der Waals surface area (Å²) in [6.07, 6.45) is 4.50. The number of aliphatic hydroxyl groups is 1. The first-order chi connectivity index (χ1) is 21.7. The maximum absolute atomic E-state index is 12.5. The van der Waals surface area contributed by atoms with E-state index < -0.39 is 18.4 Å². The average Bonchev–Trinajstić information content (AvgIpc) is 3.01. The molecule has 0 saturated carbocycles. The van der Waals surface area contributed by atoms with E-state index in [4.69, 9.17) is 39.6 Å². The number of amides is 1. The lowest BCUT2D eigenvalue weighted by molar-refractivity contribution is -0.243. The van der Waals surface area contributed by atoms with Crippen molar-refractivity contribution in [2.45, 2.75) is 78.5 Å². The third-order valence-electron chi connectivity index (χ3n) is 7.44. The Labute approximate surface area is 266 Å². The van der Waals surface area contributed by atoms with Crippen LogP contribution in [0.4, 0.5) is 5.69 Å². The number of carbonyl (C=O) groups excluding carboxylic acids is 3. The van der Waals surface area contributed by atoms with Crippen LogP contribution in [0.2, 0.25) is 0 Å². The molecule has 1 heterocycles. The summed E-state index contributed by atoms with van der Waals surface area (Å²) in [4.78, 5) is 36.4. The quantitative estimate of drug-likeness (QED) is 0.110. The third-order valence-corrected chi connectivity index (χ3v) is 7.44. The molecule has 0 spiro atoms. The Balaban J connectivity index is 1.66. The minimum Gasteiger partial charge on any atom is -0.460 e. The molecule has 12 nitrogen and oxygen atoms in total. The van der Waals surface area contributed by atoms with Crippen molar-refractivity contribution in [1.29, 1.82) is 0 Å². The standard InChI is InChI=1S/C33H49NO11/c1-6-13-39-15-17-41-19-20-42-18-16-40-14-7-8-29(37)10-12-31(38)34-28-9-11-30(27(21-28)22-35)45-33-32(44-26(5)36)24(3)23(2)25(4)43-33/h1,9,11,21,23-25,32-33,35H,7-8,10,12-20,22H2,2-5H3,(H,34,38)/t23-,24?,25?,32-,33-/m0/s1. The number of rotatable bonds is 22. The molecule has 1 aromatic carbocycles. The van der Waals surface area contributed by atoms with Crippen LogP contribution in [0.25, 0.3) is 0 Å². The SMILES string of the molecule is C#CCOCCOCCOCCOCCCC(=O)CCC(=O)Nc1ccc(O[C@@H]2OC(C)[C@@H](C)C(C)[C@@H]2OC(C)=O)c(CO)c1. The first kappa shape index (κ1) is 38.1. The van der Waals surface area contributed by atoms with Gasteiger partial charge in [0.2, 0.25) is 12.2 Å². The van der Waals surface area contributed by atoms with Gasteiger partial charge in [0.1, 0.15) is 18.1 Å². The number of ketones is 1. The van der Waals surface area contributed by atoms with Gasteiger partial charge in [-0.3, -0.25) is 14.4 Å². The van der Waals surface area contributed by atoms with Crippen molar-refractivity contribution in [2.75, 3.05) is 58.2 Å². The van der Waals surface area contributed by atoms with Crippen LogP contribution in [0.15, 0.2) is 18.2 Å². The van der Waals surface area contributed by atoms with Crippen molar-refractivity contribution >= 4 is 23.3 Å². The number of benzene rings is 1. The lowest BCUT2D eigenvalue weighted by atomic mass is 9.84. The van der Waals surface area contributed by atoms with Crippen molar-refractivity contribution in [3.05, 3.63) is 23.8 Å². The summed E-state index contributed by atoms with van der Waals surface area (Å²) < 4.78 is 38.9. The Kier molecular flexibility index (Phi) is 18.3. The molecule has 2 N–H and O–H groups in total. The fourth-order valence-electron chi connectivity index (χ4n) is 4.62. The molecule has 5 atom stereocenters. The maximum Gasteiger partial charge on any atom is 0.303 e. The molecule has 0 bridgehead atoms. The van der Waals surface area contributed by atoms with Gasteiger partial charge in [-0.1, -0.05) is 19.8 Å². The molecule has 1 aromatic rings. The largest absolute Gasteiger partial charge is 0.460 e. The van der Waals surface area contributed by atoms with E-state index in [9.17, 15) is 19.5 Å². The summed E-state index contributed by atoms with van der Waals surface area (Å²) in [5.74, 6) is 2.08. The van der Waals surface area contributed by atoms with E-state index in [1.165, 1.54) is 6.92 Å².